The van der Waals surface area contributed by atoms with Gasteiger partial charge in [0, 0.05) is 23.7 Å². The summed E-state index contributed by atoms with van der Waals surface area (Å²) in [7, 11) is 0. The average Bonchev–Trinajstić information content (AvgIpc) is 2.24. The first kappa shape index (κ1) is 14.1. The Morgan fingerprint density at radius 2 is 1.88 bits per heavy atom. The highest BCUT2D eigenvalue weighted by Crippen LogP contribution is 2.19. The van der Waals surface area contributed by atoms with E-state index >= 15 is 0 Å². The molecule has 0 aliphatic heterocycles. The van der Waals surface area contributed by atoms with E-state index in [1.807, 2.05) is 13.8 Å². The Balaban J connectivity index is 2.78. The fourth-order valence-electron chi connectivity index (χ4n) is 1.72. The van der Waals surface area contributed by atoms with Gasteiger partial charge >= 0.3 is 0 Å². The molecule has 0 radical (unpaired) electrons. The van der Waals surface area contributed by atoms with Crippen LogP contribution in [0.5, 0.6) is 0 Å². The van der Waals surface area contributed by atoms with E-state index < -0.39 is 11.6 Å². The van der Waals surface area contributed by atoms with Crippen LogP contribution in [0.3, 0.4) is 0 Å². The van der Waals surface area contributed by atoms with Crippen LogP contribution < -0.4 is 5.32 Å². The van der Waals surface area contributed by atoms with E-state index in [-0.39, 0.29) is 24.6 Å². The lowest BCUT2D eigenvalue weighted by Crippen LogP contribution is -2.38. The maximum Gasteiger partial charge on any atom is 0.130 e. The Hall–Kier alpha value is -1.00. The van der Waals surface area contributed by atoms with Gasteiger partial charge in [-0.1, -0.05) is 19.9 Å². The molecule has 0 bridgehead atoms. The van der Waals surface area contributed by atoms with Gasteiger partial charge in [-0.05, 0) is 18.9 Å². The zero-order valence-corrected chi connectivity index (χ0v) is 10.4. The first-order chi connectivity index (χ1) is 7.95. The predicted octanol–water partition coefficient (Wildman–Crippen LogP) is 2.63. The molecule has 2 unspecified atom stereocenters. The molecule has 0 saturated heterocycles. The molecule has 0 aromatic heterocycles. The molecule has 0 aliphatic rings. The van der Waals surface area contributed by atoms with Crippen LogP contribution >= 0.6 is 0 Å². The second-order valence-electron chi connectivity index (χ2n) is 4.59. The van der Waals surface area contributed by atoms with E-state index in [1.54, 1.807) is 6.92 Å². The molecule has 4 heteroatoms. The normalized spacial score (nSPS) is 15.0. The van der Waals surface area contributed by atoms with Crippen molar-refractivity contribution in [3.05, 3.63) is 35.4 Å². The van der Waals surface area contributed by atoms with Crippen molar-refractivity contribution in [1.29, 1.82) is 0 Å². The molecule has 96 valence electrons. The lowest BCUT2D eigenvalue weighted by atomic mass is 10.0. The van der Waals surface area contributed by atoms with Crippen LogP contribution in [0.4, 0.5) is 8.78 Å². The van der Waals surface area contributed by atoms with Crippen LogP contribution in [0.15, 0.2) is 18.2 Å². The second kappa shape index (κ2) is 6.07. The van der Waals surface area contributed by atoms with Crippen molar-refractivity contribution in [2.45, 2.75) is 32.9 Å². The van der Waals surface area contributed by atoms with Gasteiger partial charge < -0.3 is 10.4 Å². The van der Waals surface area contributed by atoms with Crippen molar-refractivity contribution in [2.75, 3.05) is 6.61 Å². The number of rotatable bonds is 5. The minimum Gasteiger partial charge on any atom is -0.395 e. The maximum atomic E-state index is 13.5. The van der Waals surface area contributed by atoms with Gasteiger partial charge in [0.15, 0.2) is 0 Å². The molecule has 0 saturated carbocycles. The summed E-state index contributed by atoms with van der Waals surface area (Å²) in [4.78, 5) is 0. The quantitative estimate of drug-likeness (QED) is 0.833. The van der Waals surface area contributed by atoms with Gasteiger partial charge in [0.2, 0.25) is 0 Å². The minimum absolute atomic E-state index is 0.00911. The zero-order valence-electron chi connectivity index (χ0n) is 10.4. The van der Waals surface area contributed by atoms with Crippen molar-refractivity contribution in [3.8, 4) is 0 Å². The molecule has 1 aromatic rings. The average molecular weight is 243 g/mol. The minimum atomic E-state index is -0.582. The molecule has 0 spiro atoms. The standard InChI is InChI=1S/C13H19F2NO/c1-8(2)13(7-17)16-9(3)11-5-4-10(14)6-12(11)15/h4-6,8-9,13,16-17H,7H2,1-3H3. The molecule has 0 fully saturated rings. The molecule has 2 N–H and O–H groups in total. The lowest BCUT2D eigenvalue weighted by Gasteiger charge is -2.25. The van der Waals surface area contributed by atoms with E-state index in [1.165, 1.54) is 12.1 Å². The maximum absolute atomic E-state index is 13.5. The second-order valence-corrected chi connectivity index (χ2v) is 4.59. The summed E-state index contributed by atoms with van der Waals surface area (Å²) in [6, 6.07) is 3.16. The summed E-state index contributed by atoms with van der Waals surface area (Å²) < 4.78 is 26.3. The summed E-state index contributed by atoms with van der Waals surface area (Å²) in [5.74, 6) is -0.905. The topological polar surface area (TPSA) is 32.3 Å². The van der Waals surface area contributed by atoms with Crippen molar-refractivity contribution < 1.29 is 13.9 Å². The molecule has 2 atom stereocenters. The van der Waals surface area contributed by atoms with Crippen molar-refractivity contribution in [3.63, 3.8) is 0 Å². The molecule has 1 rings (SSSR count). The number of hydrogen-bond donors (Lipinski definition) is 2. The van der Waals surface area contributed by atoms with E-state index in [2.05, 4.69) is 5.32 Å². The third-order valence-corrected chi connectivity index (χ3v) is 2.89. The first-order valence-electron chi connectivity index (χ1n) is 5.77. The SMILES string of the molecule is CC(NC(CO)C(C)C)c1ccc(F)cc1F. The van der Waals surface area contributed by atoms with Crippen LogP contribution in [0.25, 0.3) is 0 Å². The Morgan fingerprint density at radius 3 is 2.35 bits per heavy atom. The molecular weight excluding hydrogens is 224 g/mol. The molecular formula is C13H19F2NO. The Kier molecular flexibility index (Phi) is 5.02. The summed E-state index contributed by atoms with van der Waals surface area (Å²) >= 11 is 0. The predicted molar refractivity (Wildman–Crippen MR) is 63.6 cm³/mol. The molecule has 0 heterocycles. The molecule has 17 heavy (non-hydrogen) atoms. The third-order valence-electron chi connectivity index (χ3n) is 2.89. The van der Waals surface area contributed by atoms with Crippen LogP contribution in [0, 0.1) is 17.6 Å². The van der Waals surface area contributed by atoms with Gasteiger partial charge in [-0.3, -0.25) is 0 Å². The number of hydrogen-bond acceptors (Lipinski definition) is 2. The smallest absolute Gasteiger partial charge is 0.130 e. The highest BCUT2D eigenvalue weighted by Gasteiger charge is 2.18. The molecule has 1 aromatic carbocycles. The van der Waals surface area contributed by atoms with Crippen LogP contribution in [-0.2, 0) is 0 Å². The summed E-state index contributed by atoms with van der Waals surface area (Å²) in [6.07, 6.45) is 0. The highest BCUT2D eigenvalue weighted by atomic mass is 19.1. The van der Waals surface area contributed by atoms with Gasteiger partial charge in [-0.15, -0.1) is 0 Å². The van der Waals surface area contributed by atoms with Gasteiger partial charge in [0.25, 0.3) is 0 Å². The Labute approximate surface area is 101 Å². The Morgan fingerprint density at radius 1 is 1.24 bits per heavy atom. The summed E-state index contributed by atoms with van der Waals surface area (Å²) in [5.41, 5.74) is 0.408. The number of benzene rings is 1. The van der Waals surface area contributed by atoms with Crippen LogP contribution in [-0.4, -0.2) is 17.8 Å². The third kappa shape index (κ3) is 3.75. The number of aliphatic hydroxyl groups excluding tert-OH is 1. The van der Waals surface area contributed by atoms with E-state index in [0.717, 1.165) is 6.07 Å². The van der Waals surface area contributed by atoms with E-state index in [0.29, 0.717) is 5.56 Å². The first-order valence-corrected chi connectivity index (χ1v) is 5.77. The van der Waals surface area contributed by atoms with Gasteiger partial charge in [0.05, 0.1) is 6.61 Å². The monoisotopic (exact) mass is 243 g/mol. The zero-order chi connectivity index (χ0) is 13.0. The Bertz CT molecular complexity index is 368. The van der Waals surface area contributed by atoms with Crippen molar-refractivity contribution >= 4 is 0 Å². The highest BCUT2D eigenvalue weighted by molar-refractivity contribution is 5.21. The van der Waals surface area contributed by atoms with Gasteiger partial charge in [-0.25, -0.2) is 8.78 Å². The van der Waals surface area contributed by atoms with Gasteiger partial charge in [0.1, 0.15) is 11.6 Å². The lowest BCUT2D eigenvalue weighted by molar-refractivity contribution is 0.200. The van der Waals surface area contributed by atoms with Crippen LogP contribution in [0.2, 0.25) is 0 Å². The molecule has 0 amide bonds. The van der Waals surface area contributed by atoms with E-state index in [4.69, 9.17) is 0 Å². The van der Waals surface area contributed by atoms with Gasteiger partial charge in [-0.2, -0.15) is 0 Å². The fourth-order valence-corrected chi connectivity index (χ4v) is 1.72. The summed E-state index contributed by atoms with van der Waals surface area (Å²) in [6.45, 7) is 5.73. The largest absolute Gasteiger partial charge is 0.395 e. The summed E-state index contributed by atoms with van der Waals surface area (Å²) in [5, 5.41) is 12.3. The number of halogens is 2. The van der Waals surface area contributed by atoms with Crippen molar-refractivity contribution in [1.82, 2.24) is 5.32 Å². The molecule has 0 aliphatic carbocycles. The van der Waals surface area contributed by atoms with Crippen molar-refractivity contribution in [2.24, 2.45) is 5.92 Å². The fraction of sp³-hybridized carbons (Fsp3) is 0.538. The van der Waals surface area contributed by atoms with E-state index in [9.17, 15) is 13.9 Å². The molecule has 2 nitrogen and oxygen atoms in total. The number of aliphatic hydroxyl groups is 1. The van der Waals surface area contributed by atoms with Crippen LogP contribution in [0.1, 0.15) is 32.4 Å². The number of nitrogens with one attached hydrogen (secondary N) is 1.